The first-order valence-corrected chi connectivity index (χ1v) is 7.72. The van der Waals surface area contributed by atoms with Gasteiger partial charge in [-0.3, -0.25) is 0 Å². The van der Waals surface area contributed by atoms with Gasteiger partial charge in [0, 0.05) is 19.7 Å². The predicted molar refractivity (Wildman–Crippen MR) is 68.4 cm³/mol. The zero-order chi connectivity index (χ0) is 13.9. The lowest BCUT2D eigenvalue weighted by Crippen LogP contribution is -2.46. The summed E-state index contributed by atoms with van der Waals surface area (Å²) in [5.41, 5.74) is 0. The molecule has 0 saturated carbocycles. The van der Waals surface area contributed by atoms with Crippen molar-refractivity contribution < 1.29 is 17.9 Å². The Morgan fingerprint density at radius 1 is 1.63 bits per heavy atom. The Hall–Kier alpha value is -0.960. The molecule has 1 aromatic heterocycles. The second-order valence-corrected chi connectivity index (χ2v) is 6.49. The number of hydrogen-bond donors (Lipinski definition) is 2. The van der Waals surface area contributed by atoms with Crippen molar-refractivity contribution in [3.8, 4) is 0 Å². The number of hydrogen-bond acceptors (Lipinski definition) is 5. The molecule has 0 aliphatic carbocycles. The summed E-state index contributed by atoms with van der Waals surface area (Å²) in [7, 11) is -3.54. The molecule has 1 aliphatic rings. The number of rotatable bonds is 5. The van der Waals surface area contributed by atoms with Crippen molar-refractivity contribution in [3.05, 3.63) is 17.8 Å². The molecule has 1 aromatic rings. The summed E-state index contributed by atoms with van der Waals surface area (Å²) >= 11 is 0. The number of oxazole rings is 1. The van der Waals surface area contributed by atoms with Crippen molar-refractivity contribution >= 4 is 10.2 Å². The first kappa shape index (κ1) is 14.4. The fourth-order valence-corrected chi connectivity index (χ4v) is 3.39. The van der Waals surface area contributed by atoms with Crippen LogP contribution in [0.1, 0.15) is 24.5 Å². The van der Waals surface area contributed by atoms with Crippen molar-refractivity contribution in [2.75, 3.05) is 19.7 Å². The largest absolute Gasteiger partial charge is 0.445 e. The van der Waals surface area contributed by atoms with E-state index < -0.39 is 10.2 Å². The summed E-state index contributed by atoms with van der Waals surface area (Å²) in [6.45, 7) is 2.65. The minimum Gasteiger partial charge on any atom is -0.445 e. The lowest BCUT2D eigenvalue weighted by molar-refractivity contribution is 0.164. The average Bonchev–Trinajstić information content (AvgIpc) is 2.82. The molecule has 0 radical (unpaired) electrons. The Bertz CT molecular complexity index is 514. The van der Waals surface area contributed by atoms with Crippen LogP contribution in [0.3, 0.4) is 0 Å². The van der Waals surface area contributed by atoms with E-state index in [1.54, 1.807) is 13.1 Å². The van der Waals surface area contributed by atoms with Crippen LogP contribution in [0.15, 0.2) is 10.6 Å². The molecule has 1 saturated heterocycles. The van der Waals surface area contributed by atoms with Gasteiger partial charge in [0.1, 0.15) is 5.76 Å². The van der Waals surface area contributed by atoms with Crippen LogP contribution in [0.2, 0.25) is 0 Å². The molecule has 0 amide bonds. The number of nitrogens with one attached hydrogen (secondary N) is 1. The topological polar surface area (TPSA) is 95.7 Å². The van der Waals surface area contributed by atoms with Gasteiger partial charge in [-0.25, -0.2) is 4.98 Å². The molecular weight excluding hydrogens is 270 g/mol. The Labute approximate surface area is 112 Å². The molecule has 19 heavy (non-hydrogen) atoms. The van der Waals surface area contributed by atoms with Crippen LogP contribution in [0.4, 0.5) is 0 Å². The number of aryl methyl sites for hydroxylation is 1. The van der Waals surface area contributed by atoms with E-state index in [0.717, 1.165) is 12.8 Å². The van der Waals surface area contributed by atoms with E-state index in [1.807, 2.05) is 0 Å². The van der Waals surface area contributed by atoms with Gasteiger partial charge >= 0.3 is 0 Å². The SMILES string of the molecule is Cc1cnc(CNS(=O)(=O)N2CCCC(CO)C2)o1. The van der Waals surface area contributed by atoms with E-state index in [2.05, 4.69) is 9.71 Å². The molecule has 0 aromatic carbocycles. The van der Waals surface area contributed by atoms with Crippen LogP contribution < -0.4 is 4.72 Å². The van der Waals surface area contributed by atoms with Gasteiger partial charge in [0.05, 0.1) is 12.7 Å². The second kappa shape index (κ2) is 6.00. The maximum atomic E-state index is 12.1. The molecule has 1 atom stereocenters. The van der Waals surface area contributed by atoms with Gasteiger partial charge in [-0.15, -0.1) is 0 Å². The van der Waals surface area contributed by atoms with Crippen molar-refractivity contribution in [2.45, 2.75) is 26.3 Å². The number of piperidine rings is 1. The summed E-state index contributed by atoms with van der Waals surface area (Å²) < 4.78 is 33.2. The Balaban J connectivity index is 1.94. The maximum Gasteiger partial charge on any atom is 0.279 e. The number of nitrogens with zero attached hydrogens (tertiary/aromatic N) is 2. The Kier molecular flexibility index (Phi) is 4.56. The molecule has 1 fully saturated rings. The Morgan fingerprint density at radius 2 is 2.42 bits per heavy atom. The summed E-state index contributed by atoms with van der Waals surface area (Å²) in [6, 6.07) is 0. The third-order valence-corrected chi connectivity index (χ3v) is 4.68. The average molecular weight is 289 g/mol. The van der Waals surface area contributed by atoms with Gasteiger partial charge in [0.15, 0.2) is 0 Å². The highest BCUT2D eigenvalue weighted by Gasteiger charge is 2.28. The highest BCUT2D eigenvalue weighted by molar-refractivity contribution is 7.87. The molecule has 8 heteroatoms. The highest BCUT2D eigenvalue weighted by Crippen LogP contribution is 2.18. The molecule has 0 bridgehead atoms. The van der Waals surface area contributed by atoms with Crippen LogP contribution in [-0.4, -0.2) is 42.5 Å². The van der Waals surface area contributed by atoms with E-state index in [4.69, 9.17) is 9.52 Å². The zero-order valence-corrected chi connectivity index (χ0v) is 11.7. The standard InChI is InChI=1S/C11H19N3O4S/c1-9-5-12-11(18-9)6-13-19(16,17)14-4-2-3-10(7-14)8-15/h5,10,13,15H,2-4,6-8H2,1H3. The van der Waals surface area contributed by atoms with Crippen LogP contribution in [0.5, 0.6) is 0 Å². The van der Waals surface area contributed by atoms with Crippen molar-refractivity contribution in [1.29, 1.82) is 0 Å². The summed E-state index contributed by atoms with van der Waals surface area (Å²) in [6.07, 6.45) is 3.18. The molecule has 1 unspecified atom stereocenters. The maximum absolute atomic E-state index is 12.1. The molecule has 2 heterocycles. The molecule has 1 aliphatic heterocycles. The fraction of sp³-hybridized carbons (Fsp3) is 0.727. The molecular formula is C11H19N3O4S. The third kappa shape index (κ3) is 3.75. The van der Waals surface area contributed by atoms with Crippen LogP contribution in [0.25, 0.3) is 0 Å². The summed E-state index contributed by atoms with van der Waals surface area (Å²) in [5, 5.41) is 9.12. The molecule has 7 nitrogen and oxygen atoms in total. The van der Waals surface area contributed by atoms with E-state index >= 15 is 0 Å². The van der Waals surface area contributed by atoms with Gasteiger partial charge in [-0.05, 0) is 25.7 Å². The molecule has 0 spiro atoms. The molecule has 108 valence electrons. The van der Waals surface area contributed by atoms with Gasteiger partial charge in [-0.2, -0.15) is 17.4 Å². The van der Waals surface area contributed by atoms with Gasteiger partial charge in [0.25, 0.3) is 10.2 Å². The first-order valence-electron chi connectivity index (χ1n) is 6.28. The normalized spacial score (nSPS) is 21.7. The zero-order valence-electron chi connectivity index (χ0n) is 10.9. The Morgan fingerprint density at radius 3 is 3.05 bits per heavy atom. The van der Waals surface area contributed by atoms with Gasteiger partial charge in [-0.1, -0.05) is 0 Å². The molecule has 2 N–H and O–H groups in total. The quantitative estimate of drug-likeness (QED) is 0.797. The number of aliphatic hydroxyl groups is 1. The van der Waals surface area contributed by atoms with Crippen LogP contribution in [0, 0.1) is 12.8 Å². The van der Waals surface area contributed by atoms with E-state index in [0.29, 0.717) is 24.7 Å². The lowest BCUT2D eigenvalue weighted by Gasteiger charge is -2.30. The first-order chi connectivity index (χ1) is 9.01. The fourth-order valence-electron chi connectivity index (χ4n) is 2.12. The lowest BCUT2D eigenvalue weighted by atomic mass is 10.0. The third-order valence-electron chi connectivity index (χ3n) is 3.15. The van der Waals surface area contributed by atoms with E-state index in [9.17, 15) is 8.42 Å². The van der Waals surface area contributed by atoms with Crippen molar-refractivity contribution in [3.63, 3.8) is 0 Å². The minimum absolute atomic E-state index is 0.0188. The van der Waals surface area contributed by atoms with E-state index in [1.165, 1.54) is 4.31 Å². The summed E-state index contributed by atoms with van der Waals surface area (Å²) in [5.74, 6) is 1.01. The smallest absolute Gasteiger partial charge is 0.279 e. The van der Waals surface area contributed by atoms with Crippen molar-refractivity contribution in [2.24, 2.45) is 5.92 Å². The van der Waals surface area contributed by atoms with Crippen molar-refractivity contribution in [1.82, 2.24) is 14.0 Å². The minimum atomic E-state index is -3.54. The van der Waals surface area contributed by atoms with E-state index in [-0.39, 0.29) is 19.1 Å². The van der Waals surface area contributed by atoms with Gasteiger partial charge < -0.3 is 9.52 Å². The summed E-state index contributed by atoms with van der Waals surface area (Å²) in [4.78, 5) is 3.94. The number of aliphatic hydroxyl groups excluding tert-OH is 1. The van der Waals surface area contributed by atoms with Crippen LogP contribution >= 0.6 is 0 Å². The van der Waals surface area contributed by atoms with Crippen LogP contribution in [-0.2, 0) is 16.8 Å². The second-order valence-electron chi connectivity index (χ2n) is 4.74. The number of aromatic nitrogens is 1. The monoisotopic (exact) mass is 289 g/mol. The molecule has 2 rings (SSSR count). The van der Waals surface area contributed by atoms with Gasteiger partial charge in [0.2, 0.25) is 5.89 Å². The highest BCUT2D eigenvalue weighted by atomic mass is 32.2. The predicted octanol–water partition coefficient (Wildman–Crippen LogP) is 0.0217.